The molecule has 4 nitrogen and oxygen atoms in total. The first-order chi connectivity index (χ1) is 4.95. The summed E-state index contributed by atoms with van der Waals surface area (Å²) in [5.74, 6) is -0.478. The van der Waals surface area contributed by atoms with E-state index in [-0.39, 0.29) is 6.04 Å². The van der Waals surface area contributed by atoms with Gasteiger partial charge >= 0.3 is 7.12 Å². The fourth-order valence-electron chi connectivity index (χ4n) is 0.430. The number of hydrogen-bond acceptors (Lipinski definition) is 4. The van der Waals surface area contributed by atoms with E-state index in [9.17, 15) is 0 Å². The fourth-order valence-corrected chi connectivity index (χ4v) is 0.616. The molecular formula is C5H13BN2O2S. The van der Waals surface area contributed by atoms with Gasteiger partial charge in [-0.3, -0.25) is 0 Å². The van der Waals surface area contributed by atoms with Gasteiger partial charge in [0.1, 0.15) is 0 Å². The Kier molecular flexibility index (Phi) is 4.59. The smallest absolute Gasteiger partial charge is 0.426 e. The molecule has 0 saturated heterocycles. The Balaban J connectivity index is 3.76. The van der Waals surface area contributed by atoms with E-state index in [2.05, 4.69) is 5.32 Å². The molecule has 64 valence electrons. The highest BCUT2D eigenvalue weighted by Gasteiger charge is 2.19. The highest BCUT2D eigenvalue weighted by molar-refractivity contribution is 7.80. The van der Waals surface area contributed by atoms with E-state index in [1.165, 1.54) is 0 Å². The van der Waals surface area contributed by atoms with Gasteiger partial charge in [-0.1, -0.05) is 12.2 Å². The van der Waals surface area contributed by atoms with Crippen LogP contribution in [0.15, 0.2) is 0 Å². The summed E-state index contributed by atoms with van der Waals surface area (Å²) in [6.45, 7) is 3.34. The molecule has 0 bridgehead atoms. The molecule has 2 unspecified atom stereocenters. The van der Waals surface area contributed by atoms with Crippen LogP contribution in [0.3, 0.4) is 0 Å². The largest absolute Gasteiger partial charge is 0.475 e. The molecular weight excluding hydrogens is 163 g/mol. The molecule has 2 atom stereocenters. The maximum absolute atomic E-state index is 8.64. The number of nitrogens with one attached hydrogen (secondary N) is 1. The predicted octanol–water partition coefficient (Wildman–Crippen LogP) is -1.35. The molecule has 0 aliphatic heterocycles. The zero-order chi connectivity index (χ0) is 9.02. The van der Waals surface area contributed by atoms with E-state index in [1.54, 1.807) is 13.8 Å². The molecule has 0 rings (SSSR count). The molecule has 0 heterocycles. The van der Waals surface area contributed by atoms with Crippen LogP contribution in [0.1, 0.15) is 13.8 Å². The van der Waals surface area contributed by atoms with Crippen LogP contribution in [-0.4, -0.2) is 34.1 Å². The van der Waals surface area contributed by atoms with E-state index in [0.29, 0.717) is 4.99 Å². The first-order valence-corrected chi connectivity index (χ1v) is 3.78. The van der Waals surface area contributed by atoms with E-state index >= 15 is 0 Å². The summed E-state index contributed by atoms with van der Waals surface area (Å²) in [5.41, 5.74) is 5.42. The van der Waals surface area contributed by atoms with Gasteiger partial charge in [0, 0.05) is 0 Å². The Morgan fingerprint density at radius 2 is 2.00 bits per heavy atom. The van der Waals surface area contributed by atoms with Gasteiger partial charge in [-0.05, 0) is 13.8 Å². The summed E-state index contributed by atoms with van der Waals surface area (Å²) in [6.07, 6.45) is 0. The third-order valence-corrected chi connectivity index (χ3v) is 1.72. The van der Waals surface area contributed by atoms with E-state index < -0.39 is 13.1 Å². The average molecular weight is 176 g/mol. The summed E-state index contributed by atoms with van der Waals surface area (Å²) < 4.78 is 0. The molecule has 0 spiro atoms. The lowest BCUT2D eigenvalue weighted by atomic mass is 9.81. The molecule has 0 aliphatic carbocycles. The molecule has 0 amide bonds. The van der Waals surface area contributed by atoms with Crippen molar-refractivity contribution in [3.05, 3.63) is 0 Å². The SMILES string of the molecule is CC(NC(=S)C(C)N)B(O)O. The normalized spacial score (nSPS) is 15.4. The molecule has 0 radical (unpaired) electrons. The Labute approximate surface area is 71.9 Å². The molecule has 0 saturated carbocycles. The lowest BCUT2D eigenvalue weighted by Gasteiger charge is -2.16. The number of nitrogens with two attached hydrogens (primary N) is 1. The summed E-state index contributed by atoms with van der Waals surface area (Å²) in [5, 5.41) is 20.0. The summed E-state index contributed by atoms with van der Waals surface area (Å²) >= 11 is 4.82. The van der Waals surface area contributed by atoms with Gasteiger partial charge in [0.15, 0.2) is 0 Å². The first-order valence-electron chi connectivity index (χ1n) is 3.37. The minimum Gasteiger partial charge on any atom is -0.426 e. The predicted molar refractivity (Wildman–Crippen MR) is 49.0 cm³/mol. The zero-order valence-corrected chi connectivity index (χ0v) is 7.43. The van der Waals surface area contributed by atoms with Crippen molar-refractivity contribution in [1.82, 2.24) is 5.32 Å². The fraction of sp³-hybridized carbons (Fsp3) is 0.800. The zero-order valence-electron chi connectivity index (χ0n) is 6.61. The maximum atomic E-state index is 8.64. The Hall–Kier alpha value is -0.165. The topological polar surface area (TPSA) is 78.5 Å². The third kappa shape index (κ3) is 4.31. The number of thiocarbonyl (C=S) groups is 1. The standard InChI is InChI=1S/C5H13BN2O2S/c1-3(7)5(11)8-4(2)6(9)10/h3-4,9-10H,7H2,1-2H3,(H,8,11). The Bertz CT molecular complexity index is 142. The van der Waals surface area contributed by atoms with E-state index in [1.807, 2.05) is 0 Å². The quantitative estimate of drug-likeness (QED) is 0.316. The van der Waals surface area contributed by atoms with Gasteiger partial charge in [0.25, 0.3) is 0 Å². The van der Waals surface area contributed by atoms with Crippen LogP contribution in [0.5, 0.6) is 0 Å². The van der Waals surface area contributed by atoms with Gasteiger partial charge < -0.3 is 21.1 Å². The maximum Gasteiger partial charge on any atom is 0.475 e. The van der Waals surface area contributed by atoms with Gasteiger partial charge in [-0.15, -0.1) is 0 Å². The molecule has 0 aromatic carbocycles. The van der Waals surface area contributed by atoms with Crippen LogP contribution in [0.25, 0.3) is 0 Å². The second-order valence-electron chi connectivity index (χ2n) is 2.50. The highest BCUT2D eigenvalue weighted by Crippen LogP contribution is 1.87. The van der Waals surface area contributed by atoms with Gasteiger partial charge in [-0.2, -0.15) is 0 Å². The molecule has 0 aliphatic rings. The molecule has 0 aromatic heterocycles. The number of rotatable bonds is 3. The molecule has 0 fully saturated rings. The summed E-state index contributed by atoms with van der Waals surface area (Å²) in [6, 6.07) is -0.258. The van der Waals surface area contributed by atoms with Crippen molar-refractivity contribution in [2.45, 2.75) is 25.8 Å². The van der Waals surface area contributed by atoms with Crippen molar-refractivity contribution >= 4 is 24.3 Å². The Morgan fingerprint density at radius 1 is 1.55 bits per heavy atom. The molecule has 5 N–H and O–H groups in total. The van der Waals surface area contributed by atoms with Crippen LogP contribution >= 0.6 is 12.2 Å². The summed E-state index contributed by atoms with van der Waals surface area (Å²) in [7, 11) is -1.41. The van der Waals surface area contributed by atoms with Gasteiger partial charge in [0.2, 0.25) is 0 Å². The van der Waals surface area contributed by atoms with Crippen LogP contribution in [0, 0.1) is 0 Å². The average Bonchev–Trinajstić information content (AvgIpc) is 1.87. The molecule has 0 aromatic rings. The summed E-state index contributed by atoms with van der Waals surface area (Å²) in [4.78, 5) is 0.436. The van der Waals surface area contributed by atoms with Crippen molar-refractivity contribution in [3.63, 3.8) is 0 Å². The van der Waals surface area contributed by atoms with E-state index in [4.69, 9.17) is 28.0 Å². The van der Waals surface area contributed by atoms with Crippen molar-refractivity contribution in [2.75, 3.05) is 0 Å². The molecule has 6 heteroatoms. The lowest BCUT2D eigenvalue weighted by Crippen LogP contribution is -2.48. The second-order valence-corrected chi connectivity index (χ2v) is 2.94. The van der Waals surface area contributed by atoms with Crippen LogP contribution in [-0.2, 0) is 0 Å². The second kappa shape index (κ2) is 4.66. The van der Waals surface area contributed by atoms with Crippen LogP contribution < -0.4 is 11.1 Å². The number of hydrogen-bond donors (Lipinski definition) is 4. The third-order valence-electron chi connectivity index (χ3n) is 1.23. The minimum atomic E-state index is -1.41. The van der Waals surface area contributed by atoms with E-state index in [0.717, 1.165) is 0 Å². The Morgan fingerprint density at radius 3 is 2.27 bits per heavy atom. The lowest BCUT2D eigenvalue weighted by molar-refractivity contribution is 0.385. The van der Waals surface area contributed by atoms with Crippen molar-refractivity contribution < 1.29 is 10.0 Å². The van der Waals surface area contributed by atoms with Crippen molar-refractivity contribution in [2.24, 2.45) is 5.73 Å². The van der Waals surface area contributed by atoms with Gasteiger partial charge in [-0.25, -0.2) is 0 Å². The van der Waals surface area contributed by atoms with Gasteiger partial charge in [0.05, 0.1) is 17.0 Å². The van der Waals surface area contributed by atoms with Crippen molar-refractivity contribution in [1.29, 1.82) is 0 Å². The van der Waals surface area contributed by atoms with Crippen LogP contribution in [0.2, 0.25) is 0 Å². The van der Waals surface area contributed by atoms with Crippen molar-refractivity contribution in [3.8, 4) is 0 Å². The highest BCUT2D eigenvalue weighted by atomic mass is 32.1. The first kappa shape index (κ1) is 10.8. The monoisotopic (exact) mass is 176 g/mol. The molecule has 11 heavy (non-hydrogen) atoms. The van der Waals surface area contributed by atoms with Crippen LogP contribution in [0.4, 0.5) is 0 Å². The minimum absolute atomic E-state index is 0.258.